The molecule has 0 aromatic rings. The molecule has 1 fully saturated rings. The number of alkyl halides is 1. The lowest BCUT2D eigenvalue weighted by Crippen LogP contribution is -2.27. The van der Waals surface area contributed by atoms with Crippen molar-refractivity contribution in [2.75, 3.05) is 0 Å². The number of hydrogen-bond donors (Lipinski definition) is 0. The summed E-state index contributed by atoms with van der Waals surface area (Å²) in [5.74, 6) is 0.778. The van der Waals surface area contributed by atoms with E-state index in [4.69, 9.17) is 0 Å². The van der Waals surface area contributed by atoms with Crippen molar-refractivity contribution in [1.29, 1.82) is 0 Å². The molecule has 1 saturated carbocycles. The first-order valence-electron chi connectivity index (χ1n) is 3.39. The molecule has 0 spiro atoms. The predicted octanol–water partition coefficient (Wildman–Crippen LogP) is 2.14. The summed E-state index contributed by atoms with van der Waals surface area (Å²) < 4.78 is 0. The zero-order valence-electron chi connectivity index (χ0n) is 5.56. The van der Waals surface area contributed by atoms with Crippen LogP contribution in [-0.2, 0) is 4.79 Å². The summed E-state index contributed by atoms with van der Waals surface area (Å²) in [6.45, 7) is 1.90. The van der Waals surface area contributed by atoms with Crippen LogP contribution < -0.4 is 0 Å². The van der Waals surface area contributed by atoms with Gasteiger partial charge in [0.2, 0.25) is 0 Å². The molecule has 0 aliphatic heterocycles. The molecule has 0 unspecified atom stereocenters. The number of halogens is 1. The number of rotatable bonds is 2. The van der Waals surface area contributed by atoms with Crippen LogP contribution in [0.5, 0.6) is 0 Å². The van der Waals surface area contributed by atoms with Gasteiger partial charge < -0.3 is 0 Å². The summed E-state index contributed by atoms with van der Waals surface area (Å²) in [6.07, 6.45) is 3.49. The van der Waals surface area contributed by atoms with Gasteiger partial charge in [-0.05, 0) is 19.8 Å². The van der Waals surface area contributed by atoms with E-state index < -0.39 is 0 Å². The molecule has 0 aromatic heterocycles. The smallest absolute Gasteiger partial charge is 0.149 e. The third-order valence-corrected chi connectivity index (χ3v) is 2.35. The number of Topliss-reactive ketones (excluding diaryl/α,β-unsaturated/α-hetero) is 1. The SMILES string of the molecule is C[C@@H](Br)C(=O)C1CCC1. The lowest BCUT2D eigenvalue weighted by atomic mass is 9.81. The van der Waals surface area contributed by atoms with Crippen LogP contribution in [0.4, 0.5) is 0 Å². The van der Waals surface area contributed by atoms with Crippen molar-refractivity contribution in [3.63, 3.8) is 0 Å². The second kappa shape index (κ2) is 2.82. The minimum absolute atomic E-state index is 0.0720. The summed E-state index contributed by atoms with van der Waals surface area (Å²) >= 11 is 3.27. The van der Waals surface area contributed by atoms with Gasteiger partial charge in [-0.15, -0.1) is 0 Å². The first kappa shape index (κ1) is 7.26. The van der Waals surface area contributed by atoms with Gasteiger partial charge >= 0.3 is 0 Å². The predicted molar refractivity (Wildman–Crippen MR) is 40.7 cm³/mol. The minimum atomic E-state index is 0.0720. The van der Waals surface area contributed by atoms with Crippen molar-refractivity contribution in [2.45, 2.75) is 31.0 Å². The Balaban J connectivity index is 2.32. The minimum Gasteiger partial charge on any atom is -0.298 e. The standard InChI is InChI=1S/C7H11BrO/c1-5(8)7(9)6-3-2-4-6/h5-6H,2-4H2,1H3/t5-/m1/s1. The molecular formula is C7H11BrO. The molecule has 0 amide bonds. The average molecular weight is 191 g/mol. The van der Waals surface area contributed by atoms with Crippen LogP contribution in [0.15, 0.2) is 0 Å². The van der Waals surface area contributed by atoms with Crippen molar-refractivity contribution in [3.05, 3.63) is 0 Å². The maximum Gasteiger partial charge on any atom is 0.149 e. The molecule has 1 nitrogen and oxygen atoms in total. The van der Waals surface area contributed by atoms with E-state index in [1.165, 1.54) is 6.42 Å². The normalized spacial score (nSPS) is 22.9. The lowest BCUT2D eigenvalue weighted by Gasteiger charge is -2.24. The Labute approximate surface area is 64.0 Å². The number of carbonyl (C=O) groups excluding carboxylic acids is 1. The van der Waals surface area contributed by atoms with Crippen molar-refractivity contribution in [2.24, 2.45) is 5.92 Å². The molecule has 0 heterocycles. The van der Waals surface area contributed by atoms with Crippen LogP contribution in [0.1, 0.15) is 26.2 Å². The van der Waals surface area contributed by atoms with Crippen LogP contribution in [0.2, 0.25) is 0 Å². The fourth-order valence-corrected chi connectivity index (χ4v) is 1.39. The molecule has 1 aliphatic carbocycles. The molecule has 0 radical (unpaired) electrons. The number of hydrogen-bond acceptors (Lipinski definition) is 1. The topological polar surface area (TPSA) is 17.1 Å². The largest absolute Gasteiger partial charge is 0.298 e. The highest BCUT2D eigenvalue weighted by molar-refractivity contribution is 9.10. The molecule has 1 aliphatic rings. The van der Waals surface area contributed by atoms with Crippen molar-refractivity contribution in [3.8, 4) is 0 Å². The van der Waals surface area contributed by atoms with E-state index in [1.807, 2.05) is 6.92 Å². The zero-order valence-corrected chi connectivity index (χ0v) is 7.15. The summed E-state index contributed by atoms with van der Waals surface area (Å²) in [6, 6.07) is 0. The van der Waals surface area contributed by atoms with Gasteiger partial charge in [-0.1, -0.05) is 22.4 Å². The second-order valence-corrected chi connectivity index (χ2v) is 4.02. The van der Waals surface area contributed by atoms with Gasteiger partial charge in [-0.2, -0.15) is 0 Å². The monoisotopic (exact) mass is 190 g/mol. The molecule has 0 saturated heterocycles. The second-order valence-electron chi connectivity index (χ2n) is 2.65. The van der Waals surface area contributed by atoms with Gasteiger partial charge in [0.15, 0.2) is 0 Å². The van der Waals surface area contributed by atoms with E-state index in [1.54, 1.807) is 0 Å². The van der Waals surface area contributed by atoms with Crippen LogP contribution in [0.3, 0.4) is 0 Å². The van der Waals surface area contributed by atoms with E-state index in [0.717, 1.165) is 12.8 Å². The third kappa shape index (κ3) is 1.54. The summed E-state index contributed by atoms with van der Waals surface area (Å²) in [7, 11) is 0. The first-order valence-corrected chi connectivity index (χ1v) is 4.31. The fourth-order valence-electron chi connectivity index (χ4n) is 1.02. The fraction of sp³-hybridized carbons (Fsp3) is 0.857. The van der Waals surface area contributed by atoms with E-state index in [9.17, 15) is 4.79 Å². The molecule has 0 aromatic carbocycles. The van der Waals surface area contributed by atoms with Crippen LogP contribution >= 0.6 is 15.9 Å². The highest BCUT2D eigenvalue weighted by atomic mass is 79.9. The van der Waals surface area contributed by atoms with Gasteiger partial charge in [0.1, 0.15) is 5.78 Å². The molecular weight excluding hydrogens is 180 g/mol. The van der Waals surface area contributed by atoms with E-state index >= 15 is 0 Å². The molecule has 52 valence electrons. The quantitative estimate of drug-likeness (QED) is 0.611. The molecule has 1 rings (SSSR count). The molecule has 0 N–H and O–H groups in total. The maximum atomic E-state index is 11.1. The van der Waals surface area contributed by atoms with Gasteiger partial charge in [-0.3, -0.25) is 4.79 Å². The molecule has 1 atom stereocenters. The van der Waals surface area contributed by atoms with Gasteiger partial charge in [0.05, 0.1) is 4.83 Å². The van der Waals surface area contributed by atoms with Crippen LogP contribution in [0.25, 0.3) is 0 Å². The Morgan fingerprint density at radius 3 is 2.33 bits per heavy atom. The van der Waals surface area contributed by atoms with Crippen molar-refractivity contribution >= 4 is 21.7 Å². The maximum absolute atomic E-state index is 11.1. The molecule has 0 bridgehead atoms. The summed E-state index contributed by atoms with van der Waals surface area (Å²) in [5.41, 5.74) is 0. The van der Waals surface area contributed by atoms with Crippen molar-refractivity contribution in [1.82, 2.24) is 0 Å². The van der Waals surface area contributed by atoms with Gasteiger partial charge in [0.25, 0.3) is 0 Å². The van der Waals surface area contributed by atoms with E-state index in [2.05, 4.69) is 15.9 Å². The van der Waals surface area contributed by atoms with Crippen molar-refractivity contribution < 1.29 is 4.79 Å². The van der Waals surface area contributed by atoms with Crippen LogP contribution in [-0.4, -0.2) is 10.6 Å². The first-order chi connectivity index (χ1) is 4.22. The van der Waals surface area contributed by atoms with E-state index in [-0.39, 0.29) is 4.83 Å². The van der Waals surface area contributed by atoms with E-state index in [0.29, 0.717) is 11.7 Å². The number of carbonyl (C=O) groups is 1. The van der Waals surface area contributed by atoms with Crippen LogP contribution in [0, 0.1) is 5.92 Å². The Hall–Kier alpha value is 0.150. The summed E-state index contributed by atoms with van der Waals surface area (Å²) in [5, 5.41) is 0. The summed E-state index contributed by atoms with van der Waals surface area (Å²) in [4.78, 5) is 11.2. The Morgan fingerprint density at radius 2 is 2.22 bits per heavy atom. The third-order valence-electron chi connectivity index (χ3n) is 1.90. The Bertz CT molecular complexity index is 116. The average Bonchev–Trinajstić information content (AvgIpc) is 1.60. The molecule has 2 heteroatoms. The number of ketones is 1. The molecule has 9 heavy (non-hydrogen) atoms. The highest BCUT2D eigenvalue weighted by Gasteiger charge is 2.27. The zero-order chi connectivity index (χ0) is 6.85. The Kier molecular flexibility index (Phi) is 2.28. The highest BCUT2D eigenvalue weighted by Crippen LogP contribution is 2.29. The van der Waals surface area contributed by atoms with Gasteiger partial charge in [0, 0.05) is 5.92 Å². The lowest BCUT2D eigenvalue weighted by molar-refractivity contribution is -0.124. The van der Waals surface area contributed by atoms with Gasteiger partial charge in [-0.25, -0.2) is 0 Å². The Morgan fingerprint density at radius 1 is 1.67 bits per heavy atom.